The van der Waals surface area contributed by atoms with E-state index in [1.54, 1.807) is 25.5 Å². The fourth-order valence-corrected chi connectivity index (χ4v) is 2.44. The van der Waals surface area contributed by atoms with E-state index < -0.39 is 0 Å². The minimum absolute atomic E-state index is 0.581. The van der Waals surface area contributed by atoms with Crippen molar-refractivity contribution in [1.29, 1.82) is 0 Å². The predicted molar refractivity (Wildman–Crippen MR) is 99.2 cm³/mol. The van der Waals surface area contributed by atoms with Crippen LogP contribution in [0.1, 0.15) is 12.5 Å². The SMILES string of the molecule is COc1ccc(N(C)/C=C(/C)N=Cc2ccc(Cl)cc2Cl)cc1. The minimum Gasteiger partial charge on any atom is -0.497 e. The first kappa shape index (κ1) is 17.4. The van der Waals surface area contributed by atoms with Gasteiger partial charge in [0.25, 0.3) is 0 Å². The fraction of sp³-hybridized carbons (Fsp3) is 0.167. The van der Waals surface area contributed by atoms with Gasteiger partial charge in [-0.25, -0.2) is 0 Å². The first-order valence-corrected chi connectivity index (χ1v) is 7.79. The molecule has 0 aromatic heterocycles. The molecule has 2 aromatic carbocycles. The zero-order chi connectivity index (χ0) is 16.8. The highest BCUT2D eigenvalue weighted by molar-refractivity contribution is 6.36. The number of methoxy groups -OCH3 is 1. The van der Waals surface area contributed by atoms with E-state index in [9.17, 15) is 0 Å². The number of ether oxygens (including phenoxy) is 1. The highest BCUT2D eigenvalue weighted by Crippen LogP contribution is 2.21. The second-order valence-corrected chi connectivity index (χ2v) is 5.85. The van der Waals surface area contributed by atoms with Crippen LogP contribution in [0.2, 0.25) is 10.0 Å². The highest BCUT2D eigenvalue weighted by atomic mass is 35.5. The Morgan fingerprint density at radius 1 is 1.13 bits per heavy atom. The summed E-state index contributed by atoms with van der Waals surface area (Å²) in [4.78, 5) is 6.42. The monoisotopic (exact) mass is 348 g/mol. The molecule has 0 unspecified atom stereocenters. The molecule has 0 aliphatic rings. The van der Waals surface area contributed by atoms with E-state index >= 15 is 0 Å². The minimum atomic E-state index is 0.581. The van der Waals surface area contributed by atoms with Crippen molar-refractivity contribution < 1.29 is 4.74 Å². The lowest BCUT2D eigenvalue weighted by Crippen LogP contribution is -2.08. The van der Waals surface area contributed by atoms with Gasteiger partial charge in [-0.1, -0.05) is 29.3 Å². The molecule has 0 radical (unpaired) electrons. The average Bonchev–Trinajstić information content (AvgIpc) is 2.54. The van der Waals surface area contributed by atoms with Gasteiger partial charge in [0.05, 0.1) is 17.8 Å². The second kappa shape index (κ2) is 8.04. The summed E-state index contributed by atoms with van der Waals surface area (Å²) in [5.74, 6) is 0.832. The second-order valence-electron chi connectivity index (χ2n) is 5.00. The summed E-state index contributed by atoms with van der Waals surface area (Å²) in [7, 11) is 3.62. The van der Waals surface area contributed by atoms with Crippen LogP contribution in [0.15, 0.2) is 59.4 Å². The number of allylic oxidation sites excluding steroid dienone is 1. The Morgan fingerprint density at radius 2 is 1.83 bits per heavy atom. The quantitative estimate of drug-likeness (QED) is 0.674. The summed E-state index contributed by atoms with van der Waals surface area (Å²) in [6, 6.07) is 13.2. The van der Waals surface area contributed by atoms with Crippen LogP contribution in [0.4, 0.5) is 5.69 Å². The van der Waals surface area contributed by atoms with Crippen molar-refractivity contribution in [3.63, 3.8) is 0 Å². The molecule has 0 aliphatic heterocycles. The number of nitrogens with zero attached hydrogens (tertiary/aromatic N) is 2. The van der Waals surface area contributed by atoms with Gasteiger partial charge < -0.3 is 9.64 Å². The largest absolute Gasteiger partial charge is 0.497 e. The van der Waals surface area contributed by atoms with Crippen LogP contribution in [0.3, 0.4) is 0 Å². The Labute approximate surface area is 146 Å². The van der Waals surface area contributed by atoms with E-state index in [2.05, 4.69) is 4.99 Å². The molecule has 120 valence electrons. The van der Waals surface area contributed by atoms with Crippen LogP contribution in [0.25, 0.3) is 0 Å². The Hall–Kier alpha value is -1.97. The summed E-state index contributed by atoms with van der Waals surface area (Å²) in [5.41, 5.74) is 2.73. The maximum Gasteiger partial charge on any atom is 0.119 e. The molecule has 0 spiro atoms. The lowest BCUT2D eigenvalue weighted by molar-refractivity contribution is 0.415. The van der Waals surface area contributed by atoms with Crippen molar-refractivity contribution >= 4 is 35.1 Å². The molecule has 0 aliphatic carbocycles. The Bertz CT molecular complexity index is 724. The van der Waals surface area contributed by atoms with E-state index in [1.807, 2.05) is 55.4 Å². The molecule has 0 saturated heterocycles. The molecular formula is C18H18Cl2N2O. The van der Waals surface area contributed by atoms with E-state index in [0.717, 1.165) is 22.7 Å². The number of rotatable bonds is 5. The standard InChI is InChI=1S/C18H18Cl2N2O/c1-13(21-11-14-4-5-15(19)10-18(14)20)12-22(2)16-6-8-17(23-3)9-7-16/h4-12H,1-3H3/b13-12-,21-11?. The smallest absolute Gasteiger partial charge is 0.119 e. The molecule has 2 rings (SSSR count). The van der Waals surface area contributed by atoms with Gasteiger partial charge in [0.1, 0.15) is 5.75 Å². The van der Waals surface area contributed by atoms with Crippen LogP contribution < -0.4 is 9.64 Å². The Morgan fingerprint density at radius 3 is 2.43 bits per heavy atom. The van der Waals surface area contributed by atoms with Crippen molar-refractivity contribution in [3.8, 4) is 5.75 Å². The van der Waals surface area contributed by atoms with Crippen LogP contribution in [0, 0.1) is 0 Å². The molecule has 23 heavy (non-hydrogen) atoms. The zero-order valence-electron chi connectivity index (χ0n) is 13.3. The third-order valence-corrected chi connectivity index (χ3v) is 3.79. The van der Waals surface area contributed by atoms with Crippen LogP contribution >= 0.6 is 23.2 Å². The van der Waals surface area contributed by atoms with Crippen molar-refractivity contribution in [1.82, 2.24) is 0 Å². The van der Waals surface area contributed by atoms with Crippen LogP contribution in [-0.4, -0.2) is 20.4 Å². The highest BCUT2D eigenvalue weighted by Gasteiger charge is 2.00. The van der Waals surface area contributed by atoms with Gasteiger partial charge in [-0.2, -0.15) is 0 Å². The molecular weight excluding hydrogens is 331 g/mol. The van der Waals surface area contributed by atoms with Gasteiger partial charge >= 0.3 is 0 Å². The number of benzene rings is 2. The summed E-state index contributed by atoms with van der Waals surface area (Å²) < 4.78 is 5.16. The Balaban J connectivity index is 2.10. The molecule has 5 heteroatoms. The summed E-state index contributed by atoms with van der Waals surface area (Å²) in [5, 5.41) is 1.19. The normalized spacial score (nSPS) is 11.8. The van der Waals surface area contributed by atoms with Crippen molar-refractivity contribution in [2.75, 3.05) is 19.1 Å². The van der Waals surface area contributed by atoms with Gasteiger partial charge in [0, 0.05) is 35.7 Å². The molecule has 2 aromatic rings. The van der Waals surface area contributed by atoms with Crippen molar-refractivity contribution in [2.45, 2.75) is 6.92 Å². The van der Waals surface area contributed by atoms with Gasteiger partial charge in [0.2, 0.25) is 0 Å². The molecule has 0 atom stereocenters. The fourth-order valence-electron chi connectivity index (χ4n) is 1.98. The number of aliphatic imine (C=N–C) groups is 1. The predicted octanol–water partition coefficient (Wildman–Crippen LogP) is 5.42. The van der Waals surface area contributed by atoms with E-state index in [0.29, 0.717) is 10.0 Å². The molecule has 0 N–H and O–H groups in total. The topological polar surface area (TPSA) is 24.8 Å². The number of halogens is 2. The summed E-state index contributed by atoms with van der Waals surface area (Å²) >= 11 is 12.0. The molecule has 3 nitrogen and oxygen atoms in total. The van der Waals surface area contributed by atoms with Crippen molar-refractivity contribution in [2.24, 2.45) is 4.99 Å². The van der Waals surface area contributed by atoms with Gasteiger partial charge in [-0.15, -0.1) is 0 Å². The maximum atomic E-state index is 6.13. The molecule has 0 bridgehead atoms. The zero-order valence-corrected chi connectivity index (χ0v) is 14.8. The molecule has 0 fully saturated rings. The van der Waals surface area contributed by atoms with Crippen molar-refractivity contribution in [3.05, 3.63) is 70.0 Å². The van der Waals surface area contributed by atoms with E-state index in [1.165, 1.54) is 0 Å². The van der Waals surface area contributed by atoms with Crippen LogP contribution in [0.5, 0.6) is 5.75 Å². The lowest BCUT2D eigenvalue weighted by atomic mass is 10.2. The van der Waals surface area contributed by atoms with E-state index in [-0.39, 0.29) is 0 Å². The number of anilines is 1. The summed E-state index contributed by atoms with van der Waals surface area (Å²) in [6.07, 6.45) is 3.68. The first-order valence-electron chi connectivity index (χ1n) is 7.04. The number of hydrogen-bond acceptors (Lipinski definition) is 3. The molecule has 0 saturated carbocycles. The van der Waals surface area contributed by atoms with Gasteiger partial charge in [-0.3, -0.25) is 4.99 Å². The third kappa shape index (κ3) is 5.02. The Kier molecular flexibility index (Phi) is 6.08. The summed E-state index contributed by atoms with van der Waals surface area (Å²) in [6.45, 7) is 1.93. The van der Waals surface area contributed by atoms with Crippen LogP contribution in [-0.2, 0) is 0 Å². The number of hydrogen-bond donors (Lipinski definition) is 0. The van der Waals surface area contributed by atoms with E-state index in [4.69, 9.17) is 27.9 Å². The average molecular weight is 349 g/mol. The third-order valence-electron chi connectivity index (χ3n) is 3.23. The van der Waals surface area contributed by atoms with Gasteiger partial charge in [-0.05, 0) is 43.3 Å². The molecule has 0 amide bonds. The lowest BCUT2D eigenvalue weighted by Gasteiger charge is -2.15. The van der Waals surface area contributed by atoms with Gasteiger partial charge in [0.15, 0.2) is 0 Å². The molecule has 0 heterocycles. The maximum absolute atomic E-state index is 6.13. The first-order chi connectivity index (χ1) is 11.0.